The van der Waals surface area contributed by atoms with E-state index in [1.807, 2.05) is 55.4 Å². The number of hydrogen-bond acceptors (Lipinski definition) is 6. The van der Waals surface area contributed by atoms with Gasteiger partial charge >= 0.3 is 21.1 Å². The normalized spacial score (nSPS) is 20.4. The summed E-state index contributed by atoms with van der Waals surface area (Å²) < 4.78 is 37.8. The van der Waals surface area contributed by atoms with Gasteiger partial charge in [0.15, 0.2) is 0 Å². The van der Waals surface area contributed by atoms with E-state index in [1.165, 1.54) is 109 Å². The molecule has 0 radical (unpaired) electrons. The Morgan fingerprint density at radius 2 is 0.537 bits per heavy atom. The van der Waals surface area contributed by atoms with Gasteiger partial charge in [-0.3, -0.25) is 0 Å². The lowest BCUT2D eigenvalue weighted by Crippen LogP contribution is -2.41. The molecule has 0 spiro atoms. The van der Waals surface area contributed by atoms with Crippen LogP contribution in [0.25, 0.3) is 86.9 Å². The zero-order chi connectivity index (χ0) is 58.1. The Morgan fingerprint density at radius 1 is 0.268 bits per heavy atom. The van der Waals surface area contributed by atoms with Crippen LogP contribution < -0.4 is 5.46 Å². The third-order valence-corrected chi connectivity index (χ3v) is 20.8. The Kier molecular flexibility index (Phi) is 12.6. The molecular formula is C72H74B3BrO6. The van der Waals surface area contributed by atoms with Crippen LogP contribution in [0.3, 0.4) is 0 Å². The van der Waals surface area contributed by atoms with E-state index in [2.05, 4.69) is 229 Å². The Balaban J connectivity index is 0.000000122. The molecule has 0 unspecified atom stereocenters. The zero-order valence-corrected chi connectivity index (χ0v) is 52.2. The van der Waals surface area contributed by atoms with Crippen molar-refractivity contribution >= 4 is 107 Å². The van der Waals surface area contributed by atoms with Gasteiger partial charge < -0.3 is 27.9 Å². The molecule has 3 aliphatic heterocycles. The minimum absolute atomic E-state index is 0.00626. The van der Waals surface area contributed by atoms with E-state index in [9.17, 15) is 0 Å². The van der Waals surface area contributed by atoms with Crippen LogP contribution in [-0.4, -0.2) is 54.7 Å². The first-order valence-electron chi connectivity index (χ1n) is 29.3. The van der Waals surface area contributed by atoms with Crippen LogP contribution in [0, 0.1) is 0 Å². The van der Waals surface area contributed by atoms with E-state index >= 15 is 0 Å². The highest BCUT2D eigenvalue weighted by molar-refractivity contribution is 9.10. The van der Waals surface area contributed by atoms with E-state index in [0.717, 1.165) is 9.94 Å². The summed E-state index contributed by atoms with van der Waals surface area (Å²) in [5.41, 5.74) is 9.78. The minimum atomic E-state index is -0.476. The van der Waals surface area contributed by atoms with E-state index < -0.39 is 14.0 Å². The van der Waals surface area contributed by atoms with Crippen LogP contribution in [0.1, 0.15) is 133 Å². The molecular weight excluding hydrogens is 1070 g/mol. The maximum Gasteiger partial charge on any atom is 0.494 e. The highest BCUT2D eigenvalue weighted by Crippen LogP contribution is 2.54. The van der Waals surface area contributed by atoms with Gasteiger partial charge in [0.2, 0.25) is 0 Å². The Hall–Kier alpha value is -5.81. The molecule has 6 nitrogen and oxygen atoms in total. The SMILES string of the molecule is CC1(C)OB(B2OC(C)(C)C(C)(C)O2)OC1(C)C.CC1(C)c2ccc(B3OC(C)(C)C(C)(C)O3)cc2-c2cc3c4ccccc4c4ccccc4c3cc21.CC1(C)c2ccc(Br)cc2-c2cc3c4ccccc4c4ccccc4c3cc21. The first kappa shape index (κ1) is 55.4. The maximum atomic E-state index is 6.40. The van der Waals surface area contributed by atoms with Crippen molar-refractivity contribution in [2.75, 3.05) is 0 Å². The summed E-state index contributed by atoms with van der Waals surface area (Å²) in [5, 5.41) is 15.9. The average molecular weight is 1150 g/mol. The van der Waals surface area contributed by atoms with E-state index in [4.69, 9.17) is 27.9 Å². The fourth-order valence-corrected chi connectivity index (χ4v) is 13.8. The molecule has 3 heterocycles. The monoisotopic (exact) mass is 1150 g/mol. The van der Waals surface area contributed by atoms with Crippen LogP contribution in [0.4, 0.5) is 0 Å². The third kappa shape index (κ3) is 8.43. The average Bonchev–Trinajstić information content (AvgIpc) is 2.32. The summed E-state index contributed by atoms with van der Waals surface area (Å²) in [4.78, 5) is 0. The quantitative estimate of drug-likeness (QED) is 0.127. The summed E-state index contributed by atoms with van der Waals surface area (Å²) >= 11 is 3.68. The first-order chi connectivity index (χ1) is 38.5. The fourth-order valence-electron chi connectivity index (χ4n) is 13.4. The molecule has 0 saturated carbocycles. The zero-order valence-electron chi connectivity index (χ0n) is 50.6. The molecule has 10 aromatic carbocycles. The molecule has 2 aliphatic carbocycles. The maximum absolute atomic E-state index is 6.40. The minimum Gasteiger partial charge on any atom is -0.405 e. The second-order valence-electron chi connectivity index (χ2n) is 27.7. The van der Waals surface area contributed by atoms with Crippen molar-refractivity contribution in [1.82, 2.24) is 0 Å². The number of benzene rings is 10. The van der Waals surface area contributed by atoms with Crippen molar-refractivity contribution in [3.63, 3.8) is 0 Å². The number of halogens is 1. The van der Waals surface area contributed by atoms with E-state index in [0.29, 0.717) is 0 Å². The molecule has 10 aromatic rings. The van der Waals surface area contributed by atoms with E-state index in [1.54, 1.807) is 0 Å². The molecule has 3 fully saturated rings. The van der Waals surface area contributed by atoms with Crippen molar-refractivity contribution in [1.29, 1.82) is 0 Å². The second kappa shape index (κ2) is 18.6. The molecule has 82 heavy (non-hydrogen) atoms. The lowest BCUT2D eigenvalue weighted by atomic mass is 9.49. The molecule has 15 rings (SSSR count). The molecule has 0 atom stereocenters. The smallest absolute Gasteiger partial charge is 0.405 e. The van der Waals surface area contributed by atoms with Gasteiger partial charge in [-0.05, 0) is 234 Å². The van der Waals surface area contributed by atoms with Crippen molar-refractivity contribution < 1.29 is 27.9 Å². The summed E-state index contributed by atoms with van der Waals surface area (Å²) in [7, 11) is -1.32. The van der Waals surface area contributed by atoms with Gasteiger partial charge in [-0.2, -0.15) is 0 Å². The van der Waals surface area contributed by atoms with Crippen molar-refractivity contribution in [2.45, 2.75) is 155 Å². The molecule has 10 heteroatoms. The highest BCUT2D eigenvalue weighted by atomic mass is 79.9. The summed E-state index contributed by atoms with van der Waals surface area (Å²) in [6, 6.07) is 58.5. The third-order valence-electron chi connectivity index (χ3n) is 20.4. The topological polar surface area (TPSA) is 55.4 Å². The fraction of sp³-hybridized carbons (Fsp3) is 0.333. The Labute approximate surface area is 494 Å². The lowest BCUT2D eigenvalue weighted by Gasteiger charge is -2.32. The van der Waals surface area contributed by atoms with Gasteiger partial charge in [-0.25, -0.2) is 0 Å². The highest BCUT2D eigenvalue weighted by Gasteiger charge is 2.64. The summed E-state index contributed by atoms with van der Waals surface area (Å²) in [6.45, 7) is 34.0. The van der Waals surface area contributed by atoms with Gasteiger partial charge in [0.05, 0.1) is 33.6 Å². The summed E-state index contributed by atoms with van der Waals surface area (Å²) in [6.07, 6.45) is 0. The molecule has 0 N–H and O–H groups in total. The number of fused-ring (bicyclic) bond motifs is 18. The molecule has 5 aliphatic rings. The van der Waals surface area contributed by atoms with Crippen molar-refractivity contribution in [3.05, 3.63) is 184 Å². The molecule has 3 saturated heterocycles. The van der Waals surface area contributed by atoms with Crippen LogP contribution in [0.15, 0.2) is 162 Å². The Morgan fingerprint density at radius 3 is 0.878 bits per heavy atom. The largest absolute Gasteiger partial charge is 0.494 e. The number of hydrogen-bond donors (Lipinski definition) is 0. The van der Waals surface area contributed by atoms with Gasteiger partial charge in [0.1, 0.15) is 0 Å². The molecule has 0 bridgehead atoms. The van der Waals surface area contributed by atoms with Gasteiger partial charge in [0.25, 0.3) is 0 Å². The first-order valence-corrected chi connectivity index (χ1v) is 30.1. The standard InChI is InChI=1S/C33H31BO2.C27H19Br.C12H24B2O4/c1-31(2)29-16-15-20(34-35-32(3,4)33(5,6)36-34)17-27(29)28-18-25-23-13-9-7-11-21(23)22-12-8-10-14-24(22)26(25)19-30(28)31;1-27(2)25-12-11-16(28)13-23(25)24-14-21-19-9-5-3-7-17(19)18-8-4-6-10-20(18)22(21)15-26(24)27;1-9(2)10(3,4)16-13(15-9)14-17-11(5,6)12(7,8)18-14/h7-19H,1-6H3;3-15H,1-2H3;1-8H3. The van der Waals surface area contributed by atoms with Crippen LogP contribution in [-0.2, 0) is 38.8 Å². The summed E-state index contributed by atoms with van der Waals surface area (Å²) in [5.74, 6) is 0. The van der Waals surface area contributed by atoms with Crippen molar-refractivity contribution in [2.24, 2.45) is 0 Å². The molecule has 414 valence electrons. The van der Waals surface area contributed by atoms with Crippen LogP contribution >= 0.6 is 15.9 Å². The predicted molar refractivity (Wildman–Crippen MR) is 349 cm³/mol. The predicted octanol–water partition coefficient (Wildman–Crippen LogP) is 18.2. The van der Waals surface area contributed by atoms with Crippen molar-refractivity contribution in [3.8, 4) is 22.3 Å². The number of rotatable bonds is 2. The lowest BCUT2D eigenvalue weighted by molar-refractivity contribution is 0.00578. The second-order valence-corrected chi connectivity index (χ2v) is 28.6. The van der Waals surface area contributed by atoms with Gasteiger partial charge in [0, 0.05) is 15.3 Å². The van der Waals surface area contributed by atoms with Gasteiger partial charge in [-0.1, -0.05) is 165 Å². The van der Waals surface area contributed by atoms with Crippen LogP contribution in [0.2, 0.25) is 0 Å². The van der Waals surface area contributed by atoms with Gasteiger partial charge in [-0.15, -0.1) is 0 Å². The van der Waals surface area contributed by atoms with Crippen LogP contribution in [0.5, 0.6) is 0 Å². The molecule has 0 aromatic heterocycles. The molecule has 0 amide bonds. The Bertz CT molecular complexity index is 4230. The van der Waals surface area contributed by atoms with E-state index in [-0.39, 0.29) is 51.6 Å².